The predicted octanol–water partition coefficient (Wildman–Crippen LogP) is 3.28. The van der Waals surface area contributed by atoms with E-state index in [0.717, 1.165) is 10.6 Å². The van der Waals surface area contributed by atoms with E-state index in [1.807, 2.05) is 30.3 Å². The highest BCUT2D eigenvalue weighted by Gasteiger charge is 2.18. The van der Waals surface area contributed by atoms with E-state index in [-0.39, 0.29) is 5.41 Å². The molecule has 94 valence electrons. The van der Waals surface area contributed by atoms with Gasteiger partial charge in [-0.05, 0) is 5.56 Å². The van der Waals surface area contributed by atoms with E-state index < -0.39 is 0 Å². The van der Waals surface area contributed by atoms with E-state index >= 15 is 0 Å². The summed E-state index contributed by atoms with van der Waals surface area (Å²) in [6, 6.07) is 9.91. The summed E-state index contributed by atoms with van der Waals surface area (Å²) in [5, 5.41) is 14.1. The number of anilines is 1. The summed E-state index contributed by atoms with van der Waals surface area (Å²) >= 11 is 1.53. The Morgan fingerprint density at radius 1 is 1.17 bits per heavy atom. The summed E-state index contributed by atoms with van der Waals surface area (Å²) < 4.78 is 0. The average molecular weight is 260 g/mol. The number of benzene rings is 1. The maximum Gasteiger partial charge on any atom is 0.225 e. The SMILES string of the molecule is CC(C)(C)c1nnc(NN=Cc2ccccc2)s1. The first-order chi connectivity index (χ1) is 8.55. The number of hydrazone groups is 1. The van der Waals surface area contributed by atoms with Gasteiger partial charge in [-0.3, -0.25) is 5.43 Å². The van der Waals surface area contributed by atoms with Crippen LogP contribution in [0.5, 0.6) is 0 Å². The van der Waals surface area contributed by atoms with Crippen molar-refractivity contribution in [1.29, 1.82) is 0 Å². The Bertz CT molecular complexity index is 525. The van der Waals surface area contributed by atoms with E-state index in [1.165, 1.54) is 11.3 Å². The monoisotopic (exact) mass is 260 g/mol. The van der Waals surface area contributed by atoms with Crippen LogP contribution in [0, 0.1) is 0 Å². The predicted molar refractivity (Wildman–Crippen MR) is 76.3 cm³/mol. The minimum absolute atomic E-state index is 0.0285. The highest BCUT2D eigenvalue weighted by Crippen LogP contribution is 2.27. The van der Waals surface area contributed by atoms with Crippen LogP contribution >= 0.6 is 11.3 Å². The maximum atomic E-state index is 4.15. The zero-order valence-corrected chi connectivity index (χ0v) is 11.5. The second-order valence-electron chi connectivity index (χ2n) is 4.94. The molecule has 4 nitrogen and oxygen atoms in total. The first-order valence-electron chi connectivity index (χ1n) is 5.74. The lowest BCUT2D eigenvalue weighted by atomic mass is 9.98. The summed E-state index contributed by atoms with van der Waals surface area (Å²) in [5.74, 6) is 0. The van der Waals surface area contributed by atoms with Crippen LogP contribution in [0.3, 0.4) is 0 Å². The Hall–Kier alpha value is -1.75. The molecule has 0 amide bonds. The molecule has 0 aliphatic carbocycles. The minimum Gasteiger partial charge on any atom is -0.251 e. The normalized spacial score (nSPS) is 11.9. The zero-order chi connectivity index (χ0) is 13.0. The summed E-state index contributed by atoms with van der Waals surface area (Å²) in [5.41, 5.74) is 3.98. The highest BCUT2D eigenvalue weighted by atomic mass is 32.1. The molecule has 0 spiro atoms. The number of rotatable bonds is 3. The highest BCUT2D eigenvalue weighted by molar-refractivity contribution is 7.15. The lowest BCUT2D eigenvalue weighted by molar-refractivity contribution is 0.578. The molecule has 2 rings (SSSR count). The van der Waals surface area contributed by atoms with Gasteiger partial charge in [0.15, 0.2) is 0 Å². The molecular weight excluding hydrogens is 244 g/mol. The third-order valence-corrected chi connectivity index (χ3v) is 3.49. The van der Waals surface area contributed by atoms with Crippen LogP contribution in [-0.2, 0) is 5.41 Å². The van der Waals surface area contributed by atoms with Crippen LogP contribution in [0.15, 0.2) is 35.4 Å². The molecule has 0 unspecified atom stereocenters. The Morgan fingerprint density at radius 3 is 2.50 bits per heavy atom. The molecule has 1 N–H and O–H groups in total. The molecule has 0 aliphatic rings. The lowest BCUT2D eigenvalue weighted by Gasteiger charge is -2.12. The van der Waals surface area contributed by atoms with Gasteiger partial charge in [-0.1, -0.05) is 62.4 Å². The summed E-state index contributed by atoms with van der Waals surface area (Å²) in [7, 11) is 0. The summed E-state index contributed by atoms with van der Waals surface area (Å²) in [6.45, 7) is 6.35. The van der Waals surface area contributed by atoms with Crippen molar-refractivity contribution < 1.29 is 0 Å². The number of nitrogens with one attached hydrogen (secondary N) is 1. The van der Waals surface area contributed by atoms with Gasteiger partial charge in [-0.2, -0.15) is 5.10 Å². The molecular formula is C13H16N4S. The van der Waals surface area contributed by atoms with Crippen LogP contribution in [-0.4, -0.2) is 16.4 Å². The lowest BCUT2D eigenvalue weighted by Crippen LogP contribution is -2.10. The minimum atomic E-state index is 0.0285. The molecule has 0 atom stereocenters. The van der Waals surface area contributed by atoms with Crippen LogP contribution in [0.25, 0.3) is 0 Å². The molecule has 18 heavy (non-hydrogen) atoms. The smallest absolute Gasteiger partial charge is 0.225 e. The molecule has 0 fully saturated rings. The van der Waals surface area contributed by atoms with Crippen LogP contribution in [0.2, 0.25) is 0 Å². The zero-order valence-electron chi connectivity index (χ0n) is 10.7. The van der Waals surface area contributed by atoms with Crippen LogP contribution < -0.4 is 5.43 Å². The molecule has 1 heterocycles. The molecule has 0 radical (unpaired) electrons. The van der Waals surface area contributed by atoms with Crippen molar-refractivity contribution in [3.8, 4) is 0 Å². The fraction of sp³-hybridized carbons (Fsp3) is 0.308. The summed E-state index contributed by atoms with van der Waals surface area (Å²) in [4.78, 5) is 0. The maximum absolute atomic E-state index is 4.15. The van der Waals surface area contributed by atoms with Crippen LogP contribution in [0.1, 0.15) is 31.3 Å². The number of nitrogens with zero attached hydrogens (tertiary/aromatic N) is 3. The Balaban J connectivity index is 1.99. The first kappa shape index (κ1) is 12.7. The fourth-order valence-electron chi connectivity index (χ4n) is 1.27. The van der Waals surface area contributed by atoms with Crippen LogP contribution in [0.4, 0.5) is 5.13 Å². The second-order valence-corrected chi connectivity index (χ2v) is 5.92. The van der Waals surface area contributed by atoms with Crippen molar-refractivity contribution in [3.05, 3.63) is 40.9 Å². The third kappa shape index (κ3) is 3.37. The second kappa shape index (κ2) is 5.27. The van der Waals surface area contributed by atoms with E-state index in [1.54, 1.807) is 6.21 Å². The van der Waals surface area contributed by atoms with Gasteiger partial charge < -0.3 is 0 Å². The van der Waals surface area contributed by atoms with Gasteiger partial charge in [-0.25, -0.2) is 0 Å². The number of hydrogen-bond acceptors (Lipinski definition) is 5. The average Bonchev–Trinajstić information content (AvgIpc) is 2.79. The molecule has 0 aliphatic heterocycles. The van der Waals surface area contributed by atoms with E-state index in [4.69, 9.17) is 0 Å². The van der Waals surface area contributed by atoms with Gasteiger partial charge in [-0.15, -0.1) is 10.2 Å². The van der Waals surface area contributed by atoms with Gasteiger partial charge >= 0.3 is 0 Å². The van der Waals surface area contributed by atoms with Gasteiger partial charge in [0.1, 0.15) is 5.01 Å². The topological polar surface area (TPSA) is 50.2 Å². The standard InChI is InChI=1S/C13H16N4S/c1-13(2,3)11-15-17-12(18-11)16-14-9-10-7-5-4-6-8-10/h4-9H,1-3H3,(H,16,17). The van der Waals surface area contributed by atoms with Crippen molar-refractivity contribution in [2.45, 2.75) is 26.2 Å². The van der Waals surface area contributed by atoms with Gasteiger partial charge in [0.2, 0.25) is 5.13 Å². The Morgan fingerprint density at radius 2 is 1.89 bits per heavy atom. The Labute approximate surface area is 111 Å². The van der Waals surface area contributed by atoms with Crippen molar-refractivity contribution in [2.75, 3.05) is 5.43 Å². The molecule has 2 aromatic rings. The van der Waals surface area contributed by atoms with Crippen molar-refractivity contribution in [2.24, 2.45) is 5.10 Å². The molecule has 1 aromatic heterocycles. The largest absolute Gasteiger partial charge is 0.251 e. The van der Waals surface area contributed by atoms with Gasteiger partial charge in [0.25, 0.3) is 0 Å². The molecule has 1 aromatic carbocycles. The van der Waals surface area contributed by atoms with E-state index in [9.17, 15) is 0 Å². The van der Waals surface area contributed by atoms with Gasteiger partial charge in [0.05, 0.1) is 6.21 Å². The van der Waals surface area contributed by atoms with Crippen molar-refractivity contribution >= 4 is 22.7 Å². The van der Waals surface area contributed by atoms with E-state index in [2.05, 4.69) is 41.5 Å². The fourth-order valence-corrected chi connectivity index (χ4v) is 2.02. The molecule has 0 saturated heterocycles. The molecule has 5 heteroatoms. The van der Waals surface area contributed by atoms with Gasteiger partial charge in [0, 0.05) is 5.41 Å². The quantitative estimate of drug-likeness (QED) is 0.680. The Kier molecular flexibility index (Phi) is 3.72. The van der Waals surface area contributed by atoms with Crippen molar-refractivity contribution in [1.82, 2.24) is 10.2 Å². The molecule has 0 saturated carbocycles. The number of hydrogen-bond donors (Lipinski definition) is 1. The van der Waals surface area contributed by atoms with Crippen molar-refractivity contribution in [3.63, 3.8) is 0 Å². The summed E-state index contributed by atoms with van der Waals surface area (Å²) in [6.07, 6.45) is 1.76. The third-order valence-electron chi connectivity index (χ3n) is 2.24. The number of aromatic nitrogens is 2. The van der Waals surface area contributed by atoms with E-state index in [0.29, 0.717) is 5.13 Å². The molecule has 0 bridgehead atoms. The first-order valence-corrected chi connectivity index (χ1v) is 6.55.